The normalized spacial score (nSPS) is 10.3. The van der Waals surface area contributed by atoms with Gasteiger partial charge in [0.05, 0.1) is 0 Å². The Morgan fingerprint density at radius 3 is 2.50 bits per heavy atom. The van der Waals surface area contributed by atoms with Gasteiger partial charge >= 0.3 is 0 Å². The fourth-order valence-electron chi connectivity index (χ4n) is 2.21. The van der Waals surface area contributed by atoms with E-state index in [1.807, 2.05) is 26.0 Å². The van der Waals surface area contributed by atoms with Crippen molar-refractivity contribution >= 4 is 17.4 Å². The van der Waals surface area contributed by atoms with Gasteiger partial charge in [-0.05, 0) is 56.4 Å². The number of carbonyl (C=O) groups is 2. The van der Waals surface area contributed by atoms with Gasteiger partial charge in [0.15, 0.2) is 0 Å². The summed E-state index contributed by atoms with van der Waals surface area (Å²) in [7, 11) is 0. The van der Waals surface area contributed by atoms with Crippen LogP contribution in [0.2, 0.25) is 0 Å². The van der Waals surface area contributed by atoms with Crippen LogP contribution in [0, 0.1) is 6.92 Å². The minimum absolute atomic E-state index is 0.0445. The molecule has 3 nitrogen and oxygen atoms in total. The Kier molecular flexibility index (Phi) is 6.99. The van der Waals surface area contributed by atoms with Crippen LogP contribution in [0.4, 0.5) is 5.69 Å². The van der Waals surface area contributed by atoms with Crippen molar-refractivity contribution in [1.82, 2.24) is 0 Å². The van der Waals surface area contributed by atoms with Crippen LogP contribution in [0.3, 0.4) is 0 Å². The van der Waals surface area contributed by atoms with Crippen molar-refractivity contribution < 1.29 is 9.59 Å². The zero-order valence-electron chi connectivity index (χ0n) is 12.8. The summed E-state index contributed by atoms with van der Waals surface area (Å²) in [6.45, 7) is 5.53. The lowest BCUT2D eigenvalue weighted by Crippen LogP contribution is -2.09. The predicted octanol–water partition coefficient (Wildman–Crippen LogP) is 4.04. The van der Waals surface area contributed by atoms with Gasteiger partial charge < -0.3 is 10.1 Å². The van der Waals surface area contributed by atoms with Crippen LogP contribution in [-0.4, -0.2) is 11.7 Å². The largest absolute Gasteiger partial charge is 0.326 e. The molecule has 20 heavy (non-hydrogen) atoms. The van der Waals surface area contributed by atoms with Gasteiger partial charge in [-0.3, -0.25) is 4.79 Å². The van der Waals surface area contributed by atoms with E-state index in [0.29, 0.717) is 12.8 Å². The first-order valence-electron chi connectivity index (χ1n) is 7.41. The number of benzene rings is 1. The van der Waals surface area contributed by atoms with E-state index in [4.69, 9.17) is 0 Å². The van der Waals surface area contributed by atoms with Gasteiger partial charge in [0.1, 0.15) is 5.78 Å². The highest BCUT2D eigenvalue weighted by Crippen LogP contribution is 2.17. The van der Waals surface area contributed by atoms with Gasteiger partial charge in [0.2, 0.25) is 5.91 Å². The molecule has 0 unspecified atom stereocenters. The van der Waals surface area contributed by atoms with E-state index in [9.17, 15) is 9.59 Å². The topological polar surface area (TPSA) is 46.2 Å². The summed E-state index contributed by atoms with van der Waals surface area (Å²) in [5.41, 5.74) is 3.30. The first kappa shape index (κ1) is 16.4. The lowest BCUT2D eigenvalue weighted by molar-refractivity contribution is -0.117. The summed E-state index contributed by atoms with van der Waals surface area (Å²) in [5, 5.41) is 2.91. The Morgan fingerprint density at radius 1 is 1.10 bits per heavy atom. The molecule has 0 aromatic heterocycles. The van der Waals surface area contributed by atoms with Crippen molar-refractivity contribution in [3.8, 4) is 0 Å². The van der Waals surface area contributed by atoms with Gasteiger partial charge in [-0.2, -0.15) is 0 Å². The smallest absolute Gasteiger partial charge is 0.224 e. The third kappa shape index (κ3) is 6.50. The van der Waals surface area contributed by atoms with Gasteiger partial charge in [0.25, 0.3) is 0 Å². The summed E-state index contributed by atoms with van der Waals surface area (Å²) >= 11 is 0. The fraction of sp³-hybridized carbons (Fsp3) is 0.529. The second-order valence-electron chi connectivity index (χ2n) is 5.37. The van der Waals surface area contributed by atoms with Crippen LogP contribution < -0.4 is 5.32 Å². The Balaban J connectivity index is 2.49. The number of amides is 1. The highest BCUT2D eigenvalue weighted by Gasteiger charge is 2.03. The Bertz CT molecular complexity index is 466. The molecular weight excluding hydrogens is 250 g/mol. The van der Waals surface area contributed by atoms with Crippen LogP contribution in [-0.2, 0) is 16.0 Å². The summed E-state index contributed by atoms with van der Waals surface area (Å²) in [4.78, 5) is 22.3. The Labute approximate surface area is 121 Å². The molecule has 1 N–H and O–H groups in total. The molecule has 1 aromatic rings. The number of ketones is 1. The number of aryl methyl sites for hydroxylation is 2. The molecule has 0 heterocycles. The number of carbonyl (C=O) groups excluding carboxylic acids is 2. The zero-order valence-corrected chi connectivity index (χ0v) is 12.8. The number of unbranched alkanes of at least 4 members (excludes halogenated alkanes) is 2. The lowest BCUT2D eigenvalue weighted by Gasteiger charge is -2.09. The average Bonchev–Trinajstić information content (AvgIpc) is 2.37. The van der Waals surface area contributed by atoms with E-state index in [1.54, 1.807) is 6.92 Å². The van der Waals surface area contributed by atoms with Gasteiger partial charge in [-0.25, -0.2) is 0 Å². The average molecular weight is 275 g/mol. The highest BCUT2D eigenvalue weighted by atomic mass is 16.1. The standard InChI is InChI=1S/C17H25NO2/c1-4-17(20)18-16-11-13(2)10-15(12-16)9-7-5-6-8-14(3)19/h10-12H,4-9H2,1-3H3,(H,18,20). The fourth-order valence-corrected chi connectivity index (χ4v) is 2.21. The zero-order chi connectivity index (χ0) is 15.0. The molecule has 0 aliphatic carbocycles. The number of anilines is 1. The molecule has 1 aromatic carbocycles. The summed E-state index contributed by atoms with van der Waals surface area (Å²) in [6, 6.07) is 6.20. The molecule has 0 atom stereocenters. The van der Waals surface area contributed by atoms with Crippen LogP contribution >= 0.6 is 0 Å². The summed E-state index contributed by atoms with van der Waals surface area (Å²) < 4.78 is 0. The molecule has 0 radical (unpaired) electrons. The van der Waals surface area contributed by atoms with Crippen LogP contribution in [0.1, 0.15) is 57.1 Å². The number of hydrogen-bond donors (Lipinski definition) is 1. The third-order valence-corrected chi connectivity index (χ3v) is 3.24. The quantitative estimate of drug-likeness (QED) is 0.728. The van der Waals surface area contributed by atoms with E-state index in [-0.39, 0.29) is 11.7 Å². The number of hydrogen-bond acceptors (Lipinski definition) is 2. The van der Waals surface area contributed by atoms with Crippen LogP contribution in [0.25, 0.3) is 0 Å². The molecule has 110 valence electrons. The van der Waals surface area contributed by atoms with Crippen molar-refractivity contribution in [3.05, 3.63) is 29.3 Å². The van der Waals surface area contributed by atoms with Crippen LogP contribution in [0.15, 0.2) is 18.2 Å². The Hall–Kier alpha value is -1.64. The molecular formula is C17H25NO2. The van der Waals surface area contributed by atoms with Gasteiger partial charge in [0, 0.05) is 18.5 Å². The number of rotatable bonds is 8. The first-order chi connectivity index (χ1) is 9.51. The van der Waals surface area contributed by atoms with E-state index < -0.39 is 0 Å². The maximum atomic E-state index is 11.4. The maximum absolute atomic E-state index is 11.4. The molecule has 0 spiro atoms. The molecule has 0 saturated heterocycles. The molecule has 0 saturated carbocycles. The van der Waals surface area contributed by atoms with Crippen molar-refractivity contribution in [2.75, 3.05) is 5.32 Å². The number of Topliss-reactive ketones (excluding diaryl/α,β-unsaturated/α-hetero) is 1. The lowest BCUT2D eigenvalue weighted by atomic mass is 10.0. The van der Waals surface area contributed by atoms with Gasteiger partial charge in [-0.1, -0.05) is 19.4 Å². The SMILES string of the molecule is CCC(=O)Nc1cc(C)cc(CCCCCC(C)=O)c1. The van der Waals surface area contributed by atoms with Gasteiger partial charge in [-0.15, -0.1) is 0 Å². The molecule has 0 bridgehead atoms. The van der Waals surface area contributed by atoms with E-state index in [1.165, 1.54) is 5.56 Å². The van der Waals surface area contributed by atoms with E-state index >= 15 is 0 Å². The van der Waals surface area contributed by atoms with Crippen molar-refractivity contribution in [2.45, 2.75) is 59.3 Å². The van der Waals surface area contributed by atoms with Crippen LogP contribution in [0.5, 0.6) is 0 Å². The monoisotopic (exact) mass is 275 g/mol. The highest BCUT2D eigenvalue weighted by molar-refractivity contribution is 5.90. The van der Waals surface area contributed by atoms with Crippen molar-refractivity contribution in [3.63, 3.8) is 0 Å². The molecule has 0 fully saturated rings. The summed E-state index contributed by atoms with van der Waals surface area (Å²) in [6.07, 6.45) is 5.30. The minimum atomic E-state index is 0.0445. The van der Waals surface area contributed by atoms with Crippen molar-refractivity contribution in [2.24, 2.45) is 0 Å². The predicted molar refractivity (Wildman–Crippen MR) is 83.0 cm³/mol. The molecule has 1 amide bonds. The van der Waals surface area contributed by atoms with E-state index in [0.717, 1.165) is 36.9 Å². The first-order valence-corrected chi connectivity index (χ1v) is 7.41. The second kappa shape index (κ2) is 8.51. The minimum Gasteiger partial charge on any atom is -0.326 e. The molecule has 1 rings (SSSR count). The molecule has 3 heteroatoms. The number of nitrogens with one attached hydrogen (secondary N) is 1. The van der Waals surface area contributed by atoms with E-state index in [2.05, 4.69) is 11.4 Å². The molecule has 0 aliphatic heterocycles. The molecule has 0 aliphatic rings. The maximum Gasteiger partial charge on any atom is 0.224 e. The van der Waals surface area contributed by atoms with Crippen molar-refractivity contribution in [1.29, 1.82) is 0 Å². The summed E-state index contributed by atoms with van der Waals surface area (Å²) in [5.74, 6) is 0.313. The third-order valence-electron chi connectivity index (χ3n) is 3.24. The Morgan fingerprint density at radius 2 is 1.85 bits per heavy atom. The second-order valence-corrected chi connectivity index (χ2v) is 5.37.